The second-order valence-electron chi connectivity index (χ2n) is 5.16. The Morgan fingerprint density at radius 2 is 1.95 bits per heavy atom. The highest BCUT2D eigenvalue weighted by atomic mass is 16.5. The zero-order chi connectivity index (χ0) is 13.8. The number of aryl methyl sites for hydroxylation is 1. The van der Waals surface area contributed by atoms with Crippen molar-refractivity contribution in [1.82, 2.24) is 4.90 Å². The Hall–Kier alpha value is -1.71. The Labute approximate surface area is 114 Å². The third-order valence-corrected chi connectivity index (χ3v) is 3.69. The van der Waals surface area contributed by atoms with Crippen LogP contribution in [0.15, 0.2) is 12.1 Å². The highest BCUT2D eigenvalue weighted by Gasteiger charge is 2.17. The van der Waals surface area contributed by atoms with Crippen LogP contribution in [0.25, 0.3) is 0 Å². The molecule has 0 spiro atoms. The lowest BCUT2D eigenvalue weighted by molar-refractivity contribution is -0.134. The fourth-order valence-corrected chi connectivity index (χ4v) is 2.43. The van der Waals surface area contributed by atoms with Crippen LogP contribution in [-0.2, 0) is 4.79 Å². The molecule has 1 saturated heterocycles. The maximum atomic E-state index is 12.0. The van der Waals surface area contributed by atoms with Gasteiger partial charge in [-0.1, -0.05) is 6.07 Å². The first-order valence-electron chi connectivity index (χ1n) is 6.86. The molecule has 1 aromatic carbocycles. The van der Waals surface area contributed by atoms with Gasteiger partial charge >= 0.3 is 0 Å². The van der Waals surface area contributed by atoms with E-state index >= 15 is 0 Å². The van der Waals surface area contributed by atoms with Gasteiger partial charge in [0.2, 0.25) is 0 Å². The van der Waals surface area contributed by atoms with E-state index in [1.54, 1.807) is 0 Å². The van der Waals surface area contributed by atoms with Gasteiger partial charge in [0.25, 0.3) is 5.91 Å². The summed E-state index contributed by atoms with van der Waals surface area (Å²) in [5, 5.41) is 0. The summed E-state index contributed by atoms with van der Waals surface area (Å²) in [6.45, 7) is 5.70. The summed E-state index contributed by atoms with van der Waals surface area (Å²) in [4.78, 5) is 13.9. The summed E-state index contributed by atoms with van der Waals surface area (Å²) in [5.41, 5.74) is 8.48. The number of ether oxygens (including phenoxy) is 1. The smallest absolute Gasteiger partial charge is 0.260 e. The molecular weight excluding hydrogens is 240 g/mol. The van der Waals surface area contributed by atoms with E-state index in [4.69, 9.17) is 10.5 Å². The van der Waals surface area contributed by atoms with Crippen molar-refractivity contribution in [2.24, 2.45) is 0 Å². The quantitative estimate of drug-likeness (QED) is 0.850. The fraction of sp³-hybridized carbons (Fsp3) is 0.533. The summed E-state index contributed by atoms with van der Waals surface area (Å²) in [5.74, 6) is 0.811. The van der Waals surface area contributed by atoms with Crippen LogP contribution >= 0.6 is 0 Å². The van der Waals surface area contributed by atoms with Crippen molar-refractivity contribution < 1.29 is 9.53 Å². The predicted octanol–water partition coefficient (Wildman–Crippen LogP) is 2.28. The molecule has 104 valence electrons. The number of hydrogen-bond acceptors (Lipinski definition) is 3. The van der Waals surface area contributed by atoms with Crippen molar-refractivity contribution >= 4 is 11.6 Å². The molecule has 1 fully saturated rings. The second kappa shape index (κ2) is 5.95. The van der Waals surface area contributed by atoms with Crippen LogP contribution < -0.4 is 10.5 Å². The van der Waals surface area contributed by atoms with Crippen molar-refractivity contribution in [2.75, 3.05) is 25.4 Å². The Kier molecular flexibility index (Phi) is 4.30. The third kappa shape index (κ3) is 3.19. The highest BCUT2D eigenvalue weighted by Crippen LogP contribution is 2.27. The number of nitrogen functional groups attached to an aromatic ring is 1. The van der Waals surface area contributed by atoms with Crippen LogP contribution in [-0.4, -0.2) is 30.5 Å². The number of carbonyl (C=O) groups excluding carboxylic acids is 1. The zero-order valence-electron chi connectivity index (χ0n) is 11.7. The van der Waals surface area contributed by atoms with E-state index in [-0.39, 0.29) is 12.5 Å². The average Bonchev–Trinajstić information content (AvgIpc) is 2.44. The van der Waals surface area contributed by atoms with E-state index in [2.05, 4.69) is 0 Å². The standard InChI is InChI=1S/C15H22N2O2/c1-11-6-7-13(16)12(2)15(11)19-10-14(18)17-8-4-3-5-9-17/h6-7H,3-5,8-10,16H2,1-2H3. The number of rotatable bonds is 3. The van der Waals surface area contributed by atoms with Gasteiger partial charge in [-0.15, -0.1) is 0 Å². The summed E-state index contributed by atoms with van der Waals surface area (Å²) in [6.07, 6.45) is 3.42. The second-order valence-corrected chi connectivity index (χ2v) is 5.16. The van der Waals surface area contributed by atoms with E-state index < -0.39 is 0 Å². The predicted molar refractivity (Wildman–Crippen MR) is 76.3 cm³/mol. The molecule has 1 heterocycles. The lowest BCUT2D eigenvalue weighted by Crippen LogP contribution is -2.38. The Morgan fingerprint density at radius 1 is 1.26 bits per heavy atom. The Balaban J connectivity index is 1.98. The molecule has 2 rings (SSSR count). The van der Waals surface area contributed by atoms with Gasteiger partial charge in [-0.05, 0) is 44.7 Å². The molecule has 4 nitrogen and oxygen atoms in total. The molecular formula is C15H22N2O2. The molecule has 0 radical (unpaired) electrons. The van der Waals surface area contributed by atoms with Crippen LogP contribution in [0.1, 0.15) is 30.4 Å². The van der Waals surface area contributed by atoms with Crippen molar-refractivity contribution in [3.05, 3.63) is 23.3 Å². The largest absolute Gasteiger partial charge is 0.483 e. The van der Waals surface area contributed by atoms with E-state index in [1.165, 1.54) is 6.42 Å². The summed E-state index contributed by atoms with van der Waals surface area (Å²) < 4.78 is 5.69. The van der Waals surface area contributed by atoms with E-state index in [9.17, 15) is 4.79 Å². The number of anilines is 1. The number of benzene rings is 1. The highest BCUT2D eigenvalue weighted by molar-refractivity contribution is 5.78. The van der Waals surface area contributed by atoms with Gasteiger partial charge < -0.3 is 15.4 Å². The molecule has 4 heteroatoms. The zero-order valence-corrected chi connectivity index (χ0v) is 11.7. The molecule has 0 saturated carbocycles. The minimum absolute atomic E-state index is 0.0703. The number of hydrogen-bond donors (Lipinski definition) is 1. The molecule has 0 unspecified atom stereocenters. The van der Waals surface area contributed by atoms with Gasteiger partial charge in [-0.3, -0.25) is 4.79 Å². The Bertz CT molecular complexity index is 465. The first-order chi connectivity index (χ1) is 9.09. The van der Waals surface area contributed by atoms with Crippen LogP contribution in [0.3, 0.4) is 0 Å². The monoisotopic (exact) mass is 262 g/mol. The normalized spacial score (nSPS) is 15.4. The van der Waals surface area contributed by atoms with Crippen LogP contribution in [0, 0.1) is 13.8 Å². The SMILES string of the molecule is Cc1ccc(N)c(C)c1OCC(=O)N1CCCCC1. The third-order valence-electron chi connectivity index (χ3n) is 3.69. The number of likely N-dealkylation sites (tertiary alicyclic amines) is 1. The lowest BCUT2D eigenvalue weighted by Gasteiger charge is -2.26. The summed E-state index contributed by atoms with van der Waals surface area (Å²) >= 11 is 0. The molecule has 1 aromatic rings. The molecule has 19 heavy (non-hydrogen) atoms. The molecule has 1 aliphatic heterocycles. The average molecular weight is 262 g/mol. The number of piperidine rings is 1. The molecule has 0 bridgehead atoms. The van der Waals surface area contributed by atoms with Crippen LogP contribution in [0.5, 0.6) is 5.75 Å². The van der Waals surface area contributed by atoms with Gasteiger partial charge in [0, 0.05) is 24.3 Å². The van der Waals surface area contributed by atoms with Crippen molar-refractivity contribution in [3.63, 3.8) is 0 Å². The topological polar surface area (TPSA) is 55.6 Å². The van der Waals surface area contributed by atoms with E-state index in [0.717, 1.165) is 42.8 Å². The van der Waals surface area contributed by atoms with Crippen LogP contribution in [0.2, 0.25) is 0 Å². The Morgan fingerprint density at radius 3 is 2.63 bits per heavy atom. The van der Waals surface area contributed by atoms with Crippen LogP contribution in [0.4, 0.5) is 5.69 Å². The minimum Gasteiger partial charge on any atom is -0.483 e. The number of nitrogens with two attached hydrogens (primary N) is 1. The molecule has 0 aliphatic carbocycles. The van der Waals surface area contributed by atoms with Gasteiger partial charge in [0.15, 0.2) is 6.61 Å². The van der Waals surface area contributed by atoms with Gasteiger partial charge in [0.05, 0.1) is 0 Å². The maximum Gasteiger partial charge on any atom is 0.260 e. The lowest BCUT2D eigenvalue weighted by atomic mass is 10.1. The van der Waals surface area contributed by atoms with Crippen molar-refractivity contribution in [1.29, 1.82) is 0 Å². The minimum atomic E-state index is 0.0703. The number of amides is 1. The van der Waals surface area contributed by atoms with Gasteiger partial charge in [-0.25, -0.2) is 0 Å². The maximum absolute atomic E-state index is 12.0. The van der Waals surface area contributed by atoms with Crippen molar-refractivity contribution in [3.8, 4) is 5.75 Å². The number of carbonyl (C=O) groups is 1. The molecule has 1 aliphatic rings. The first kappa shape index (κ1) is 13.7. The van der Waals surface area contributed by atoms with Gasteiger partial charge in [0.1, 0.15) is 5.75 Å². The molecule has 0 aromatic heterocycles. The summed E-state index contributed by atoms with van der Waals surface area (Å²) in [7, 11) is 0. The van der Waals surface area contributed by atoms with Crippen molar-refractivity contribution in [2.45, 2.75) is 33.1 Å². The van der Waals surface area contributed by atoms with E-state index in [0.29, 0.717) is 5.69 Å². The van der Waals surface area contributed by atoms with E-state index in [1.807, 2.05) is 30.9 Å². The molecule has 1 amide bonds. The van der Waals surface area contributed by atoms with Gasteiger partial charge in [-0.2, -0.15) is 0 Å². The first-order valence-corrected chi connectivity index (χ1v) is 6.86. The molecule has 0 atom stereocenters. The fourth-order valence-electron chi connectivity index (χ4n) is 2.43. The summed E-state index contributed by atoms with van der Waals surface area (Å²) in [6, 6.07) is 3.78. The molecule has 2 N–H and O–H groups in total. The number of nitrogens with zero attached hydrogens (tertiary/aromatic N) is 1.